The van der Waals surface area contributed by atoms with E-state index in [2.05, 4.69) is 10.2 Å². The van der Waals surface area contributed by atoms with E-state index in [0.717, 1.165) is 11.1 Å². The Bertz CT molecular complexity index is 823. The van der Waals surface area contributed by atoms with Crippen molar-refractivity contribution in [2.24, 2.45) is 5.41 Å². The fourth-order valence-corrected chi connectivity index (χ4v) is 3.72. The van der Waals surface area contributed by atoms with Gasteiger partial charge in [0.25, 0.3) is 0 Å². The molecule has 1 fully saturated rings. The third kappa shape index (κ3) is 4.17. The Kier molecular flexibility index (Phi) is 5.99. The molecule has 150 valence electrons. The molecule has 0 bridgehead atoms. The smallest absolute Gasteiger partial charge is 0.314 e. The standard InChI is InChI=1S/C20H25N3O5/c1-28-16-4-2-3-14(9-16)10-20(19(26)27)13-23(8-7-17(20)24)18(25)6-5-15-11-21-22-12-15/h2-4,9,11-12,17,24H,5-8,10,13H2,1H3,(H,21,22)(H,26,27)/t17-,20+/m0/s1. The molecule has 8 heteroatoms. The van der Waals surface area contributed by atoms with Crippen LogP contribution in [0.4, 0.5) is 0 Å². The lowest BCUT2D eigenvalue weighted by molar-refractivity contribution is -0.165. The Hall–Kier alpha value is -2.87. The van der Waals surface area contributed by atoms with E-state index in [4.69, 9.17) is 4.74 Å². The third-order valence-electron chi connectivity index (χ3n) is 5.40. The van der Waals surface area contributed by atoms with E-state index in [0.29, 0.717) is 18.7 Å². The molecule has 0 radical (unpaired) electrons. The van der Waals surface area contributed by atoms with Crippen LogP contribution in [0.2, 0.25) is 0 Å². The van der Waals surface area contributed by atoms with Crippen molar-refractivity contribution < 1.29 is 24.5 Å². The molecule has 1 saturated heterocycles. The lowest BCUT2D eigenvalue weighted by Gasteiger charge is -2.43. The minimum atomic E-state index is -1.45. The highest BCUT2D eigenvalue weighted by molar-refractivity contribution is 5.80. The number of aliphatic carboxylic acids is 1. The number of nitrogens with zero attached hydrogens (tertiary/aromatic N) is 2. The lowest BCUT2D eigenvalue weighted by atomic mass is 9.72. The molecule has 2 aromatic rings. The first-order valence-electron chi connectivity index (χ1n) is 9.24. The molecule has 1 aliphatic rings. The molecular formula is C20H25N3O5. The number of piperidine rings is 1. The van der Waals surface area contributed by atoms with Gasteiger partial charge in [-0.25, -0.2) is 0 Å². The number of amides is 1. The van der Waals surface area contributed by atoms with Crippen LogP contribution in [-0.2, 0) is 22.4 Å². The van der Waals surface area contributed by atoms with Gasteiger partial charge in [-0.05, 0) is 42.5 Å². The number of carboxylic acids is 1. The van der Waals surface area contributed by atoms with Crippen LogP contribution >= 0.6 is 0 Å². The minimum Gasteiger partial charge on any atom is -0.497 e. The first kappa shape index (κ1) is 19.9. The van der Waals surface area contributed by atoms with E-state index in [9.17, 15) is 19.8 Å². The molecule has 2 atom stereocenters. The monoisotopic (exact) mass is 387 g/mol. The second-order valence-corrected chi connectivity index (χ2v) is 7.22. The van der Waals surface area contributed by atoms with E-state index < -0.39 is 17.5 Å². The van der Waals surface area contributed by atoms with Crippen molar-refractivity contribution in [3.63, 3.8) is 0 Å². The number of rotatable bonds is 7. The highest BCUT2D eigenvalue weighted by Gasteiger charge is 2.50. The minimum absolute atomic E-state index is 0.0229. The summed E-state index contributed by atoms with van der Waals surface area (Å²) >= 11 is 0. The number of aryl methyl sites for hydroxylation is 1. The molecule has 1 aromatic heterocycles. The molecule has 1 aromatic carbocycles. The van der Waals surface area contributed by atoms with Crippen molar-refractivity contribution in [2.75, 3.05) is 20.2 Å². The summed E-state index contributed by atoms with van der Waals surface area (Å²) in [6, 6.07) is 7.13. The van der Waals surface area contributed by atoms with E-state index in [-0.39, 0.29) is 31.7 Å². The number of aromatic nitrogens is 2. The van der Waals surface area contributed by atoms with Crippen LogP contribution in [0.25, 0.3) is 0 Å². The second-order valence-electron chi connectivity index (χ2n) is 7.22. The number of carbonyl (C=O) groups excluding carboxylic acids is 1. The van der Waals surface area contributed by atoms with E-state index in [1.54, 1.807) is 48.7 Å². The van der Waals surface area contributed by atoms with Gasteiger partial charge in [0.15, 0.2) is 0 Å². The molecule has 3 N–H and O–H groups in total. The molecule has 0 aliphatic carbocycles. The van der Waals surface area contributed by atoms with Gasteiger partial charge in [0.1, 0.15) is 11.2 Å². The van der Waals surface area contributed by atoms with Crippen LogP contribution in [0.15, 0.2) is 36.7 Å². The van der Waals surface area contributed by atoms with Crippen LogP contribution in [0.3, 0.4) is 0 Å². The molecule has 1 aliphatic heterocycles. The largest absolute Gasteiger partial charge is 0.497 e. The van der Waals surface area contributed by atoms with Gasteiger partial charge < -0.3 is 19.8 Å². The fourth-order valence-electron chi connectivity index (χ4n) is 3.72. The van der Waals surface area contributed by atoms with Crippen molar-refractivity contribution in [1.29, 1.82) is 0 Å². The van der Waals surface area contributed by atoms with Crippen LogP contribution in [0, 0.1) is 5.41 Å². The number of aliphatic hydroxyl groups is 1. The number of aromatic amines is 1. The number of nitrogens with one attached hydrogen (secondary N) is 1. The molecule has 0 unspecified atom stereocenters. The summed E-state index contributed by atoms with van der Waals surface area (Å²) in [5.41, 5.74) is 0.218. The van der Waals surface area contributed by atoms with Gasteiger partial charge in [0, 0.05) is 25.7 Å². The first-order chi connectivity index (χ1) is 13.4. The highest BCUT2D eigenvalue weighted by atomic mass is 16.5. The summed E-state index contributed by atoms with van der Waals surface area (Å²) in [6.07, 6.45) is 3.51. The zero-order valence-electron chi connectivity index (χ0n) is 15.8. The average Bonchev–Trinajstić information content (AvgIpc) is 3.21. The van der Waals surface area contributed by atoms with Gasteiger partial charge in [-0.1, -0.05) is 12.1 Å². The summed E-state index contributed by atoms with van der Waals surface area (Å²) in [6.45, 7) is 0.323. The predicted octanol–water partition coefficient (Wildman–Crippen LogP) is 1.26. The maximum atomic E-state index is 12.7. The van der Waals surface area contributed by atoms with E-state index in [1.165, 1.54) is 0 Å². The maximum absolute atomic E-state index is 12.7. The number of ether oxygens (including phenoxy) is 1. The van der Waals surface area contributed by atoms with Crippen LogP contribution < -0.4 is 4.74 Å². The van der Waals surface area contributed by atoms with Gasteiger partial charge >= 0.3 is 5.97 Å². The molecule has 0 saturated carbocycles. The van der Waals surface area contributed by atoms with Crippen molar-refractivity contribution >= 4 is 11.9 Å². The fraction of sp³-hybridized carbons (Fsp3) is 0.450. The highest BCUT2D eigenvalue weighted by Crippen LogP contribution is 2.35. The number of methoxy groups -OCH3 is 1. The van der Waals surface area contributed by atoms with Gasteiger partial charge in [-0.15, -0.1) is 0 Å². The van der Waals surface area contributed by atoms with Gasteiger partial charge in [-0.3, -0.25) is 14.7 Å². The lowest BCUT2D eigenvalue weighted by Crippen LogP contribution is -2.58. The number of hydrogen-bond donors (Lipinski definition) is 3. The molecule has 8 nitrogen and oxygen atoms in total. The SMILES string of the molecule is COc1cccc(C[C@@]2(C(=O)O)CN(C(=O)CCc3cn[nH]c3)CC[C@@H]2O)c1. The Labute approximate surface area is 163 Å². The zero-order valence-corrected chi connectivity index (χ0v) is 15.8. The number of likely N-dealkylation sites (tertiary alicyclic amines) is 1. The quantitative estimate of drug-likeness (QED) is 0.659. The number of carbonyl (C=O) groups is 2. The van der Waals surface area contributed by atoms with Crippen LogP contribution in [0.5, 0.6) is 5.75 Å². The maximum Gasteiger partial charge on any atom is 0.314 e. The number of carboxylic acid groups (broad SMARTS) is 1. The molecule has 28 heavy (non-hydrogen) atoms. The topological polar surface area (TPSA) is 116 Å². The summed E-state index contributed by atoms with van der Waals surface area (Å²) in [5, 5.41) is 27.1. The Balaban J connectivity index is 1.76. The molecule has 0 spiro atoms. The Morgan fingerprint density at radius 3 is 2.89 bits per heavy atom. The number of benzene rings is 1. The Morgan fingerprint density at radius 1 is 1.39 bits per heavy atom. The van der Waals surface area contributed by atoms with Crippen molar-refractivity contribution in [3.8, 4) is 5.75 Å². The number of hydrogen-bond acceptors (Lipinski definition) is 5. The van der Waals surface area contributed by atoms with E-state index >= 15 is 0 Å². The summed E-state index contributed by atoms with van der Waals surface area (Å²) in [5.74, 6) is -0.601. The molecule has 3 rings (SSSR count). The summed E-state index contributed by atoms with van der Waals surface area (Å²) in [7, 11) is 1.54. The number of aliphatic hydroxyl groups excluding tert-OH is 1. The second kappa shape index (κ2) is 8.43. The van der Waals surface area contributed by atoms with Gasteiger partial charge in [0.05, 0.1) is 19.4 Å². The van der Waals surface area contributed by atoms with E-state index in [1.807, 2.05) is 0 Å². The summed E-state index contributed by atoms with van der Waals surface area (Å²) in [4.78, 5) is 26.4. The Morgan fingerprint density at radius 2 is 2.21 bits per heavy atom. The van der Waals surface area contributed by atoms with Crippen molar-refractivity contribution in [3.05, 3.63) is 47.8 Å². The normalized spacial score (nSPS) is 22.1. The van der Waals surface area contributed by atoms with Crippen LogP contribution in [-0.4, -0.2) is 63.5 Å². The van der Waals surface area contributed by atoms with Crippen molar-refractivity contribution in [2.45, 2.75) is 31.8 Å². The van der Waals surface area contributed by atoms with Crippen molar-refractivity contribution in [1.82, 2.24) is 15.1 Å². The van der Waals surface area contributed by atoms with Crippen LogP contribution in [0.1, 0.15) is 24.0 Å². The zero-order chi connectivity index (χ0) is 20.1. The molecular weight excluding hydrogens is 362 g/mol. The third-order valence-corrected chi connectivity index (χ3v) is 5.40. The predicted molar refractivity (Wildman–Crippen MR) is 101 cm³/mol. The molecule has 1 amide bonds. The average molecular weight is 387 g/mol. The summed E-state index contributed by atoms with van der Waals surface area (Å²) < 4.78 is 5.21. The van der Waals surface area contributed by atoms with Gasteiger partial charge in [-0.2, -0.15) is 5.10 Å². The van der Waals surface area contributed by atoms with Gasteiger partial charge in [0.2, 0.25) is 5.91 Å². The molecule has 2 heterocycles. The number of H-pyrrole nitrogens is 1. The first-order valence-corrected chi connectivity index (χ1v) is 9.24.